The molecule has 0 radical (unpaired) electrons. The lowest BCUT2D eigenvalue weighted by molar-refractivity contribution is -0.158. The monoisotopic (exact) mass is 206 g/mol. The first-order valence-electron chi connectivity index (χ1n) is 4.76. The van der Waals surface area contributed by atoms with E-state index < -0.39 is 24.8 Å². The van der Waals surface area contributed by atoms with Crippen molar-refractivity contribution >= 4 is 5.97 Å². The number of carboxylic acid groups (broad SMARTS) is 1. The molecular weight excluding hydrogens is 188 g/mol. The van der Waals surface area contributed by atoms with E-state index >= 15 is 0 Å². The van der Waals surface area contributed by atoms with E-state index in [4.69, 9.17) is 20.1 Å². The zero-order chi connectivity index (χ0) is 11.0. The summed E-state index contributed by atoms with van der Waals surface area (Å²) in [5, 5.41) is 26.3. The number of aliphatic hydroxyl groups is 2. The molecule has 2 unspecified atom stereocenters. The Morgan fingerprint density at radius 3 is 2.50 bits per heavy atom. The zero-order valence-corrected chi connectivity index (χ0v) is 8.35. The van der Waals surface area contributed by atoms with E-state index in [0.717, 1.165) is 19.3 Å². The predicted octanol–water partition coefficient (Wildman–Crippen LogP) is -0.000400. The minimum atomic E-state index is -1.65. The summed E-state index contributed by atoms with van der Waals surface area (Å²) in [5.41, 5.74) is 0. The van der Waals surface area contributed by atoms with E-state index in [9.17, 15) is 4.79 Å². The fourth-order valence-electron chi connectivity index (χ4n) is 0.989. The average molecular weight is 206 g/mol. The molecule has 0 saturated heterocycles. The molecule has 0 spiro atoms. The van der Waals surface area contributed by atoms with Gasteiger partial charge >= 0.3 is 5.97 Å². The Labute approximate surface area is 83.3 Å². The SMILES string of the molecule is CCCCCOC(CO)C(O)C(=O)O. The molecule has 14 heavy (non-hydrogen) atoms. The highest BCUT2D eigenvalue weighted by Gasteiger charge is 2.25. The lowest BCUT2D eigenvalue weighted by Crippen LogP contribution is -2.38. The predicted molar refractivity (Wildman–Crippen MR) is 50.0 cm³/mol. The number of carboxylic acids is 1. The number of unbranched alkanes of at least 4 members (excludes halogenated alkanes) is 2. The van der Waals surface area contributed by atoms with Gasteiger partial charge in [-0.25, -0.2) is 4.79 Å². The van der Waals surface area contributed by atoms with Crippen molar-refractivity contribution in [2.75, 3.05) is 13.2 Å². The maximum absolute atomic E-state index is 10.3. The number of hydrogen-bond acceptors (Lipinski definition) is 4. The van der Waals surface area contributed by atoms with Crippen LogP contribution in [-0.2, 0) is 9.53 Å². The van der Waals surface area contributed by atoms with E-state index in [0.29, 0.717) is 6.61 Å². The molecular formula is C9H18O5. The highest BCUT2D eigenvalue weighted by atomic mass is 16.5. The molecule has 0 aliphatic carbocycles. The lowest BCUT2D eigenvalue weighted by atomic mass is 10.2. The summed E-state index contributed by atoms with van der Waals surface area (Å²) < 4.78 is 5.04. The van der Waals surface area contributed by atoms with Gasteiger partial charge in [0.1, 0.15) is 6.10 Å². The van der Waals surface area contributed by atoms with Crippen molar-refractivity contribution in [3.63, 3.8) is 0 Å². The summed E-state index contributed by atoms with van der Waals surface area (Å²) in [6, 6.07) is 0. The topological polar surface area (TPSA) is 87.0 Å². The van der Waals surface area contributed by atoms with Crippen molar-refractivity contribution in [3.05, 3.63) is 0 Å². The van der Waals surface area contributed by atoms with Crippen LogP contribution in [-0.4, -0.2) is 46.7 Å². The smallest absolute Gasteiger partial charge is 0.335 e. The number of hydrogen-bond donors (Lipinski definition) is 3. The van der Waals surface area contributed by atoms with Crippen LogP contribution in [0.4, 0.5) is 0 Å². The maximum atomic E-state index is 10.3. The molecule has 2 atom stereocenters. The van der Waals surface area contributed by atoms with Crippen LogP contribution in [0, 0.1) is 0 Å². The number of aliphatic carboxylic acids is 1. The van der Waals surface area contributed by atoms with Crippen molar-refractivity contribution in [1.29, 1.82) is 0 Å². The molecule has 0 saturated carbocycles. The molecule has 0 bridgehead atoms. The summed E-state index contributed by atoms with van der Waals surface area (Å²) in [6.07, 6.45) is 0.154. The lowest BCUT2D eigenvalue weighted by Gasteiger charge is -2.17. The number of ether oxygens (including phenoxy) is 1. The highest BCUT2D eigenvalue weighted by Crippen LogP contribution is 2.02. The van der Waals surface area contributed by atoms with Gasteiger partial charge in [-0.2, -0.15) is 0 Å². The van der Waals surface area contributed by atoms with Gasteiger partial charge < -0.3 is 20.1 Å². The maximum Gasteiger partial charge on any atom is 0.335 e. The Balaban J connectivity index is 3.73. The van der Waals surface area contributed by atoms with Crippen molar-refractivity contribution in [1.82, 2.24) is 0 Å². The first-order chi connectivity index (χ1) is 6.63. The summed E-state index contributed by atoms with van der Waals surface area (Å²) >= 11 is 0. The van der Waals surface area contributed by atoms with Gasteiger partial charge in [0.25, 0.3) is 0 Å². The summed E-state index contributed by atoms with van der Waals surface area (Å²) in [6.45, 7) is 1.92. The summed E-state index contributed by atoms with van der Waals surface area (Å²) in [4.78, 5) is 10.3. The second-order valence-electron chi connectivity index (χ2n) is 3.08. The van der Waals surface area contributed by atoms with Crippen molar-refractivity contribution < 1.29 is 24.9 Å². The van der Waals surface area contributed by atoms with E-state index in [1.165, 1.54) is 0 Å². The van der Waals surface area contributed by atoms with Gasteiger partial charge in [-0.3, -0.25) is 0 Å². The minimum absolute atomic E-state index is 0.364. The van der Waals surface area contributed by atoms with Crippen molar-refractivity contribution in [2.45, 2.75) is 38.4 Å². The molecule has 3 N–H and O–H groups in total. The van der Waals surface area contributed by atoms with Crippen molar-refractivity contribution in [3.8, 4) is 0 Å². The molecule has 0 aromatic carbocycles. The fourth-order valence-corrected chi connectivity index (χ4v) is 0.989. The van der Waals surface area contributed by atoms with Crippen LogP contribution in [0.1, 0.15) is 26.2 Å². The summed E-state index contributed by atoms with van der Waals surface area (Å²) in [7, 11) is 0. The van der Waals surface area contributed by atoms with E-state index in [2.05, 4.69) is 0 Å². The Bertz CT molecular complexity index is 159. The number of aliphatic hydroxyl groups excluding tert-OH is 2. The van der Waals surface area contributed by atoms with Crippen LogP contribution in [0.25, 0.3) is 0 Å². The molecule has 0 amide bonds. The van der Waals surface area contributed by atoms with Crippen LogP contribution >= 0.6 is 0 Å². The Kier molecular flexibility index (Phi) is 7.37. The van der Waals surface area contributed by atoms with Gasteiger partial charge in [-0.15, -0.1) is 0 Å². The fraction of sp³-hybridized carbons (Fsp3) is 0.889. The second kappa shape index (κ2) is 7.73. The molecule has 0 fully saturated rings. The van der Waals surface area contributed by atoms with E-state index in [1.807, 2.05) is 6.92 Å². The third-order valence-electron chi connectivity index (χ3n) is 1.86. The highest BCUT2D eigenvalue weighted by molar-refractivity contribution is 5.72. The van der Waals surface area contributed by atoms with Gasteiger partial charge in [0.05, 0.1) is 6.61 Å². The molecule has 84 valence electrons. The van der Waals surface area contributed by atoms with E-state index in [1.54, 1.807) is 0 Å². The van der Waals surface area contributed by atoms with Crippen LogP contribution in [0.15, 0.2) is 0 Å². The molecule has 0 heterocycles. The van der Waals surface area contributed by atoms with Gasteiger partial charge in [0.15, 0.2) is 6.10 Å². The normalized spacial score (nSPS) is 15.1. The van der Waals surface area contributed by atoms with Crippen LogP contribution in [0.5, 0.6) is 0 Å². The van der Waals surface area contributed by atoms with Gasteiger partial charge in [-0.05, 0) is 6.42 Å². The minimum Gasteiger partial charge on any atom is -0.479 e. The average Bonchev–Trinajstić information content (AvgIpc) is 2.17. The molecule has 0 aromatic heterocycles. The van der Waals surface area contributed by atoms with Crippen molar-refractivity contribution in [2.24, 2.45) is 0 Å². The number of rotatable bonds is 8. The molecule has 0 aliphatic rings. The standard InChI is InChI=1S/C9H18O5/c1-2-3-4-5-14-7(6-10)8(11)9(12)13/h7-8,10-11H,2-6H2,1H3,(H,12,13). The molecule has 0 rings (SSSR count). The molecule has 5 nitrogen and oxygen atoms in total. The molecule has 0 aromatic rings. The first-order valence-corrected chi connectivity index (χ1v) is 4.76. The second-order valence-corrected chi connectivity index (χ2v) is 3.08. The third kappa shape index (κ3) is 5.16. The molecule has 0 aliphatic heterocycles. The largest absolute Gasteiger partial charge is 0.479 e. The van der Waals surface area contributed by atoms with Gasteiger partial charge in [0.2, 0.25) is 0 Å². The first kappa shape index (κ1) is 13.4. The Hall–Kier alpha value is -0.650. The van der Waals surface area contributed by atoms with Gasteiger partial charge in [-0.1, -0.05) is 19.8 Å². The third-order valence-corrected chi connectivity index (χ3v) is 1.86. The zero-order valence-electron chi connectivity index (χ0n) is 8.35. The van der Waals surface area contributed by atoms with Gasteiger partial charge in [0, 0.05) is 6.61 Å². The molecule has 5 heteroatoms. The van der Waals surface area contributed by atoms with Crippen LogP contribution < -0.4 is 0 Å². The Morgan fingerprint density at radius 1 is 1.43 bits per heavy atom. The van der Waals surface area contributed by atoms with Crippen LogP contribution in [0.3, 0.4) is 0 Å². The van der Waals surface area contributed by atoms with Crippen LogP contribution in [0.2, 0.25) is 0 Å². The van der Waals surface area contributed by atoms with E-state index in [-0.39, 0.29) is 0 Å². The summed E-state index contributed by atoms with van der Waals surface area (Å²) in [5.74, 6) is -1.38. The quantitative estimate of drug-likeness (QED) is 0.486. The number of carbonyl (C=O) groups is 1. The Morgan fingerprint density at radius 2 is 2.07 bits per heavy atom.